The minimum Gasteiger partial charge on any atom is -0.483 e. The van der Waals surface area contributed by atoms with Gasteiger partial charge in [-0.2, -0.15) is 0 Å². The molecule has 0 bridgehead atoms. The maximum Gasteiger partial charge on any atom is 0.290 e. The van der Waals surface area contributed by atoms with E-state index in [-0.39, 0.29) is 31.2 Å². The van der Waals surface area contributed by atoms with Crippen LogP contribution in [0.1, 0.15) is 26.2 Å². The van der Waals surface area contributed by atoms with Crippen LogP contribution in [0.25, 0.3) is 0 Å². The molecule has 0 aliphatic carbocycles. The summed E-state index contributed by atoms with van der Waals surface area (Å²) in [4.78, 5) is 40.3. The number of aliphatic hydroxyl groups is 1. The quantitative estimate of drug-likeness (QED) is 0.419. The second kappa shape index (κ2) is 13.0. The number of rotatable bonds is 4. The van der Waals surface area contributed by atoms with Gasteiger partial charge in [-0.15, -0.1) is 0 Å². The molecule has 0 radical (unpaired) electrons. The largest absolute Gasteiger partial charge is 0.483 e. The second-order valence-electron chi connectivity index (χ2n) is 8.16. The highest BCUT2D eigenvalue weighted by molar-refractivity contribution is 5.79. The van der Waals surface area contributed by atoms with Crippen molar-refractivity contribution < 1.29 is 38.8 Å². The van der Waals surface area contributed by atoms with Gasteiger partial charge in [-0.25, -0.2) is 14.4 Å². The van der Waals surface area contributed by atoms with Crippen molar-refractivity contribution in [1.29, 1.82) is 0 Å². The van der Waals surface area contributed by atoms with Crippen LogP contribution in [0.2, 0.25) is 0 Å². The molecule has 2 aliphatic heterocycles. The molecule has 33 heavy (non-hydrogen) atoms. The number of hydrogen-bond donors (Lipinski definition) is 4. The highest BCUT2D eigenvalue weighted by atomic mass is 19.1. The van der Waals surface area contributed by atoms with E-state index in [1.165, 1.54) is 6.33 Å². The summed E-state index contributed by atoms with van der Waals surface area (Å²) >= 11 is 0. The van der Waals surface area contributed by atoms with Gasteiger partial charge in [0.1, 0.15) is 12.4 Å². The average Bonchev–Trinajstić information content (AvgIpc) is 2.74. The maximum absolute atomic E-state index is 14.0. The van der Waals surface area contributed by atoms with E-state index in [1.54, 1.807) is 4.90 Å². The maximum atomic E-state index is 14.0. The van der Waals surface area contributed by atoms with E-state index >= 15 is 0 Å². The van der Waals surface area contributed by atoms with Gasteiger partial charge >= 0.3 is 0 Å². The van der Waals surface area contributed by atoms with Gasteiger partial charge in [0.15, 0.2) is 11.6 Å². The Balaban J connectivity index is 0.000000819. The lowest BCUT2D eigenvalue weighted by atomic mass is 9.73. The predicted molar refractivity (Wildman–Crippen MR) is 115 cm³/mol. The van der Waals surface area contributed by atoms with Crippen molar-refractivity contribution in [2.24, 2.45) is 0 Å². The molecule has 0 aromatic carbocycles. The van der Waals surface area contributed by atoms with E-state index in [9.17, 15) is 14.3 Å². The summed E-state index contributed by atoms with van der Waals surface area (Å²) in [5.41, 5.74) is -1.51. The first-order valence-electron chi connectivity index (χ1n) is 10.2. The van der Waals surface area contributed by atoms with E-state index in [1.807, 2.05) is 25.9 Å². The normalized spacial score (nSPS) is 23.5. The second-order valence-corrected chi connectivity index (χ2v) is 8.16. The molecule has 3 rings (SSSR count). The van der Waals surface area contributed by atoms with Crippen molar-refractivity contribution in [2.75, 3.05) is 45.2 Å². The summed E-state index contributed by atoms with van der Waals surface area (Å²) in [7, 11) is 3.65. The van der Waals surface area contributed by atoms with E-state index in [0.717, 1.165) is 6.20 Å². The lowest BCUT2D eigenvalue weighted by molar-refractivity contribution is -0.198. The Bertz CT molecular complexity index is 771. The molecule has 1 amide bonds. The van der Waals surface area contributed by atoms with Gasteiger partial charge in [0.05, 0.1) is 23.9 Å². The average molecular weight is 474 g/mol. The highest BCUT2D eigenvalue weighted by Gasteiger charge is 2.54. The molecule has 12 nitrogen and oxygen atoms in total. The summed E-state index contributed by atoms with van der Waals surface area (Å²) in [5, 5.41) is 27.9. The van der Waals surface area contributed by atoms with Crippen LogP contribution in [0, 0.1) is 5.82 Å². The predicted octanol–water partition coefficient (Wildman–Crippen LogP) is -0.426. The minimum absolute atomic E-state index is 0.126. The number of aromatic nitrogens is 2. The van der Waals surface area contributed by atoms with Gasteiger partial charge in [-0.1, -0.05) is 0 Å². The third-order valence-corrected chi connectivity index (χ3v) is 5.56. The third-order valence-electron chi connectivity index (χ3n) is 5.56. The molecular formula is C20H32FN5O7. The van der Waals surface area contributed by atoms with Crippen LogP contribution in [0.15, 0.2) is 12.5 Å². The summed E-state index contributed by atoms with van der Waals surface area (Å²) in [6.45, 7) is 3.10. The SMILES string of the molecule is CN(C)CC(=O)N[C@@]1(C)CCOC2(CCN(c3ncncc3F)CC2)[C@@H]1O.O=CO.O=CO. The van der Waals surface area contributed by atoms with Crippen LogP contribution in [0.4, 0.5) is 10.2 Å². The smallest absolute Gasteiger partial charge is 0.290 e. The first kappa shape index (κ1) is 28.1. The van der Waals surface area contributed by atoms with Gasteiger partial charge in [0.25, 0.3) is 12.9 Å². The Hall–Kier alpha value is -2.90. The monoisotopic (exact) mass is 473 g/mol. The van der Waals surface area contributed by atoms with E-state index in [2.05, 4.69) is 15.3 Å². The van der Waals surface area contributed by atoms with Crippen LogP contribution in [-0.4, -0.2) is 107 Å². The zero-order valence-electron chi connectivity index (χ0n) is 19.0. The zero-order valence-corrected chi connectivity index (χ0v) is 19.0. The summed E-state index contributed by atoms with van der Waals surface area (Å²) in [6.07, 6.45) is 3.22. The zero-order chi connectivity index (χ0) is 25.1. The molecule has 2 fully saturated rings. The Morgan fingerprint density at radius 3 is 2.39 bits per heavy atom. The molecule has 2 atom stereocenters. The van der Waals surface area contributed by atoms with Gasteiger partial charge in [-0.05, 0) is 40.3 Å². The molecule has 2 saturated heterocycles. The number of piperidine rings is 1. The number of amides is 1. The minimum atomic E-state index is -0.845. The van der Waals surface area contributed by atoms with Gasteiger partial charge < -0.3 is 35.2 Å². The molecule has 186 valence electrons. The van der Waals surface area contributed by atoms with Crippen molar-refractivity contribution in [3.8, 4) is 0 Å². The lowest BCUT2D eigenvalue weighted by Gasteiger charge is -2.53. The van der Waals surface area contributed by atoms with Crippen LogP contribution < -0.4 is 10.2 Å². The van der Waals surface area contributed by atoms with E-state index in [0.29, 0.717) is 39.0 Å². The lowest BCUT2D eigenvalue weighted by Crippen LogP contribution is -2.69. The fourth-order valence-electron chi connectivity index (χ4n) is 4.09. The van der Waals surface area contributed by atoms with Gasteiger partial charge in [-0.3, -0.25) is 14.4 Å². The molecule has 0 unspecified atom stereocenters. The van der Waals surface area contributed by atoms with Crippen molar-refractivity contribution in [1.82, 2.24) is 20.2 Å². The highest BCUT2D eigenvalue weighted by Crippen LogP contribution is 2.40. The Kier molecular flexibility index (Phi) is 11.1. The van der Waals surface area contributed by atoms with Crippen LogP contribution in [0.3, 0.4) is 0 Å². The molecular weight excluding hydrogens is 441 g/mol. The van der Waals surface area contributed by atoms with Crippen molar-refractivity contribution in [3.63, 3.8) is 0 Å². The number of hydrogen-bond acceptors (Lipinski definition) is 9. The number of nitrogens with zero attached hydrogens (tertiary/aromatic N) is 4. The molecule has 1 aromatic heterocycles. The number of carbonyl (C=O) groups is 3. The number of carbonyl (C=O) groups excluding carboxylic acids is 1. The first-order chi connectivity index (χ1) is 15.6. The molecule has 2 aliphatic rings. The number of aliphatic hydroxyl groups excluding tert-OH is 1. The topological polar surface area (TPSA) is 165 Å². The standard InChI is InChI=1S/C18H28FN5O3.2CH2O2/c1-17(22-14(25)11-23(2)3)6-9-27-18(16(17)26)4-7-24(8-5-18)15-13(19)10-20-12-21-15;2*2-1-3/h10,12,16,26H,4-9,11H2,1-3H3,(H,22,25);2*1H,(H,2,3)/t16-,17+;;/m1../s1. The number of anilines is 1. The van der Waals surface area contributed by atoms with Crippen LogP contribution in [0.5, 0.6) is 0 Å². The molecule has 0 saturated carbocycles. The summed E-state index contributed by atoms with van der Waals surface area (Å²) in [6, 6.07) is 0. The molecule has 4 N–H and O–H groups in total. The van der Waals surface area contributed by atoms with E-state index in [4.69, 9.17) is 24.5 Å². The summed E-state index contributed by atoms with van der Waals surface area (Å²) in [5.74, 6) is -0.314. The Labute approximate surface area is 191 Å². The number of halogens is 1. The number of ether oxygens (including phenoxy) is 1. The number of carboxylic acid groups (broad SMARTS) is 2. The fourth-order valence-corrected chi connectivity index (χ4v) is 4.09. The van der Waals surface area contributed by atoms with E-state index < -0.39 is 23.1 Å². The molecule has 3 heterocycles. The van der Waals surface area contributed by atoms with Crippen LogP contribution >= 0.6 is 0 Å². The van der Waals surface area contributed by atoms with Crippen molar-refractivity contribution in [3.05, 3.63) is 18.3 Å². The number of nitrogens with one attached hydrogen (secondary N) is 1. The van der Waals surface area contributed by atoms with Gasteiger partial charge in [0, 0.05) is 19.7 Å². The van der Waals surface area contributed by atoms with Crippen molar-refractivity contribution in [2.45, 2.75) is 43.4 Å². The van der Waals surface area contributed by atoms with Crippen LogP contribution in [-0.2, 0) is 19.1 Å². The van der Waals surface area contributed by atoms with Gasteiger partial charge in [0.2, 0.25) is 5.91 Å². The Morgan fingerprint density at radius 2 is 1.88 bits per heavy atom. The first-order valence-corrected chi connectivity index (χ1v) is 10.2. The summed E-state index contributed by atoms with van der Waals surface area (Å²) < 4.78 is 20.0. The fraction of sp³-hybridized carbons (Fsp3) is 0.650. The van der Waals surface area contributed by atoms with Crippen molar-refractivity contribution >= 4 is 24.7 Å². The number of likely N-dealkylation sites (N-methyl/N-ethyl adjacent to an activating group) is 1. The molecule has 13 heteroatoms. The molecule has 1 aromatic rings. The third kappa shape index (κ3) is 7.58. The Morgan fingerprint density at radius 1 is 1.30 bits per heavy atom. The molecule has 1 spiro atoms.